The Morgan fingerprint density at radius 3 is 2.04 bits per heavy atom. The predicted octanol–water partition coefficient (Wildman–Crippen LogP) is 1.66. The van der Waals surface area contributed by atoms with E-state index in [1.54, 1.807) is 48.5 Å². The molecule has 2 aromatic carbocycles. The number of carboxylic acids is 1. The van der Waals surface area contributed by atoms with Gasteiger partial charge in [0.05, 0.1) is 10.1 Å². The molecule has 0 unspecified atom stereocenters. The first-order valence-electron chi connectivity index (χ1n) is 7.23. The highest BCUT2D eigenvalue weighted by atomic mass is 32.2. The number of benzene rings is 2. The van der Waals surface area contributed by atoms with Crippen LogP contribution in [0.25, 0.3) is 0 Å². The summed E-state index contributed by atoms with van der Waals surface area (Å²) in [6.45, 7) is -0.224. The van der Waals surface area contributed by atoms with Gasteiger partial charge < -0.3 is 10.8 Å². The van der Waals surface area contributed by atoms with E-state index >= 15 is 0 Å². The van der Waals surface area contributed by atoms with Crippen LogP contribution in [0.3, 0.4) is 0 Å². The van der Waals surface area contributed by atoms with Crippen LogP contribution < -0.4 is 5.73 Å². The third kappa shape index (κ3) is 2.26. The summed E-state index contributed by atoms with van der Waals surface area (Å²) in [6.07, 6.45) is 0. The summed E-state index contributed by atoms with van der Waals surface area (Å²) in [6, 6.07) is 16.8. The lowest BCUT2D eigenvalue weighted by atomic mass is 9.99. The number of hydrogen-bond donors (Lipinski definition) is 2. The topological polar surface area (TPSA) is 97.5 Å². The Bertz CT molecular complexity index is 820. The maximum atomic E-state index is 12.9. The number of hydrogen-bond acceptors (Lipinski definition) is 4. The van der Waals surface area contributed by atoms with Gasteiger partial charge in [-0.15, -0.1) is 0 Å². The Labute approximate surface area is 134 Å². The molecule has 6 heteroatoms. The Morgan fingerprint density at radius 2 is 1.57 bits per heavy atom. The maximum Gasteiger partial charge on any atom is 0.312 e. The molecule has 3 atom stereocenters. The van der Waals surface area contributed by atoms with Crippen molar-refractivity contribution in [3.05, 3.63) is 66.2 Å². The summed E-state index contributed by atoms with van der Waals surface area (Å²) in [4.78, 5) is 12.0. The number of carboxylic acid groups (broad SMARTS) is 1. The molecule has 0 radical (unpaired) electrons. The normalized spacial score (nSPS) is 26.7. The molecule has 5 nitrogen and oxygen atoms in total. The number of nitrogens with two attached hydrogens (primary N) is 1. The molecule has 3 N–H and O–H groups in total. The van der Waals surface area contributed by atoms with Crippen molar-refractivity contribution < 1.29 is 18.3 Å². The van der Waals surface area contributed by atoms with Crippen LogP contribution in [0.15, 0.2) is 65.6 Å². The minimum Gasteiger partial charge on any atom is -0.481 e. The molecular weight excluding hydrogens is 314 g/mol. The zero-order valence-corrected chi connectivity index (χ0v) is 13.1. The molecule has 1 aliphatic carbocycles. The van der Waals surface area contributed by atoms with Crippen molar-refractivity contribution in [1.82, 2.24) is 0 Å². The van der Waals surface area contributed by atoms with Crippen molar-refractivity contribution in [2.75, 3.05) is 6.54 Å². The summed E-state index contributed by atoms with van der Waals surface area (Å²) in [5, 5.41) is 8.62. The van der Waals surface area contributed by atoms with Gasteiger partial charge in [0.15, 0.2) is 9.84 Å². The largest absolute Gasteiger partial charge is 0.481 e. The Balaban J connectivity index is 2.12. The molecule has 23 heavy (non-hydrogen) atoms. The van der Waals surface area contributed by atoms with Crippen molar-refractivity contribution in [2.45, 2.75) is 16.1 Å². The minimum absolute atomic E-state index is 0.127. The van der Waals surface area contributed by atoms with E-state index in [2.05, 4.69) is 0 Å². The smallest absolute Gasteiger partial charge is 0.312 e. The quantitative estimate of drug-likeness (QED) is 0.868. The lowest BCUT2D eigenvalue weighted by Gasteiger charge is -2.10. The second kappa shape index (κ2) is 5.47. The number of carbonyl (C=O) groups is 1. The van der Waals surface area contributed by atoms with Crippen LogP contribution in [0.4, 0.5) is 0 Å². The first-order valence-corrected chi connectivity index (χ1v) is 8.78. The molecular formula is C17H17NO4S. The predicted molar refractivity (Wildman–Crippen MR) is 85.7 cm³/mol. The Morgan fingerprint density at radius 1 is 1.04 bits per heavy atom. The van der Waals surface area contributed by atoms with Crippen LogP contribution in [0.5, 0.6) is 0 Å². The van der Waals surface area contributed by atoms with E-state index in [9.17, 15) is 18.3 Å². The van der Waals surface area contributed by atoms with Crippen molar-refractivity contribution in [3.63, 3.8) is 0 Å². The van der Waals surface area contributed by atoms with Crippen LogP contribution in [0, 0.1) is 5.41 Å². The van der Waals surface area contributed by atoms with Crippen LogP contribution in [-0.2, 0) is 14.6 Å². The molecule has 3 rings (SSSR count). The average molecular weight is 331 g/mol. The van der Waals surface area contributed by atoms with Crippen molar-refractivity contribution >= 4 is 15.8 Å². The fourth-order valence-corrected chi connectivity index (χ4v) is 5.74. The van der Waals surface area contributed by atoms with E-state index in [1.165, 1.54) is 12.1 Å². The monoisotopic (exact) mass is 331 g/mol. The van der Waals surface area contributed by atoms with Gasteiger partial charge in [0.1, 0.15) is 5.41 Å². The second-order valence-corrected chi connectivity index (χ2v) is 7.79. The van der Waals surface area contributed by atoms with Crippen LogP contribution in [-0.4, -0.2) is 31.3 Å². The molecule has 0 bridgehead atoms. The lowest BCUT2D eigenvalue weighted by Crippen LogP contribution is -2.31. The molecule has 0 saturated heterocycles. The minimum atomic E-state index is -3.79. The van der Waals surface area contributed by atoms with E-state index in [0.717, 1.165) is 0 Å². The van der Waals surface area contributed by atoms with E-state index < -0.39 is 32.4 Å². The number of sulfone groups is 1. The third-order valence-electron chi connectivity index (χ3n) is 4.56. The van der Waals surface area contributed by atoms with Crippen molar-refractivity contribution in [2.24, 2.45) is 11.1 Å². The third-order valence-corrected chi connectivity index (χ3v) is 6.85. The summed E-state index contributed by atoms with van der Waals surface area (Å²) in [7, 11) is -3.79. The fraction of sp³-hybridized carbons (Fsp3) is 0.235. The van der Waals surface area contributed by atoms with E-state index in [1.807, 2.05) is 0 Å². The van der Waals surface area contributed by atoms with Gasteiger partial charge in [-0.05, 0) is 17.7 Å². The lowest BCUT2D eigenvalue weighted by molar-refractivity contribution is -0.143. The molecule has 120 valence electrons. The highest BCUT2D eigenvalue weighted by Gasteiger charge is 2.75. The highest BCUT2D eigenvalue weighted by Crippen LogP contribution is 2.63. The molecule has 0 amide bonds. The van der Waals surface area contributed by atoms with Gasteiger partial charge >= 0.3 is 5.97 Å². The fourth-order valence-electron chi connectivity index (χ4n) is 3.34. The SMILES string of the molecule is NC[C@@]1(C(=O)O)[C@H](S(=O)(=O)c2ccccc2)[C@@H]1c1ccccc1. The van der Waals surface area contributed by atoms with Crippen LogP contribution in [0.2, 0.25) is 0 Å². The standard InChI is InChI=1S/C17H17NO4S/c18-11-17(16(19)20)14(12-7-3-1-4-8-12)15(17)23(21,22)13-9-5-2-6-10-13/h1-10,14-15H,11,18H2,(H,19,20)/t14-,15+,17-/m0/s1. The van der Waals surface area contributed by atoms with Gasteiger partial charge in [0.2, 0.25) is 0 Å². The zero-order valence-electron chi connectivity index (χ0n) is 12.3. The highest BCUT2D eigenvalue weighted by molar-refractivity contribution is 7.92. The Hall–Kier alpha value is -2.18. The van der Waals surface area contributed by atoms with Gasteiger partial charge in [-0.3, -0.25) is 4.79 Å². The molecule has 0 spiro atoms. The van der Waals surface area contributed by atoms with E-state index in [4.69, 9.17) is 5.73 Å². The molecule has 1 aliphatic rings. The number of rotatable bonds is 5. The molecule has 0 heterocycles. The first kappa shape index (κ1) is 15.7. The van der Waals surface area contributed by atoms with E-state index in [-0.39, 0.29) is 11.4 Å². The molecule has 2 aromatic rings. The van der Waals surface area contributed by atoms with Crippen molar-refractivity contribution in [1.29, 1.82) is 0 Å². The van der Waals surface area contributed by atoms with Crippen LogP contribution >= 0.6 is 0 Å². The molecule has 1 saturated carbocycles. The zero-order chi connectivity index (χ0) is 16.7. The summed E-state index contributed by atoms with van der Waals surface area (Å²) in [5.74, 6) is -1.81. The summed E-state index contributed by atoms with van der Waals surface area (Å²) < 4.78 is 25.9. The molecule has 0 aromatic heterocycles. The van der Waals surface area contributed by atoms with Gasteiger partial charge in [-0.25, -0.2) is 8.42 Å². The summed E-state index contributed by atoms with van der Waals surface area (Å²) >= 11 is 0. The van der Waals surface area contributed by atoms with Gasteiger partial charge in [-0.1, -0.05) is 48.5 Å². The van der Waals surface area contributed by atoms with Gasteiger partial charge in [-0.2, -0.15) is 0 Å². The van der Waals surface area contributed by atoms with E-state index in [0.29, 0.717) is 5.56 Å². The second-order valence-electron chi connectivity index (χ2n) is 5.72. The Kier molecular flexibility index (Phi) is 3.74. The van der Waals surface area contributed by atoms with Crippen LogP contribution in [0.1, 0.15) is 11.5 Å². The van der Waals surface area contributed by atoms with Crippen molar-refractivity contribution in [3.8, 4) is 0 Å². The first-order chi connectivity index (χ1) is 11.0. The van der Waals surface area contributed by atoms with Gasteiger partial charge in [0.25, 0.3) is 0 Å². The molecule has 1 fully saturated rings. The number of aliphatic carboxylic acids is 1. The maximum absolute atomic E-state index is 12.9. The molecule has 0 aliphatic heterocycles. The summed E-state index contributed by atoms with van der Waals surface area (Å²) in [5.41, 5.74) is 4.93. The average Bonchev–Trinajstić information content (AvgIpc) is 3.28. The van der Waals surface area contributed by atoms with Gasteiger partial charge in [0, 0.05) is 12.5 Å².